The van der Waals surface area contributed by atoms with Crippen molar-refractivity contribution in [1.82, 2.24) is 0 Å². The lowest BCUT2D eigenvalue weighted by atomic mass is 9.87. The Bertz CT molecular complexity index is 1240. The third kappa shape index (κ3) is 58.2. The van der Waals surface area contributed by atoms with Crippen molar-refractivity contribution in [1.29, 1.82) is 0 Å². The second-order valence-corrected chi connectivity index (χ2v) is 27.9. The second-order valence-electron chi connectivity index (χ2n) is 27.9. The second kappa shape index (κ2) is 69.3. The van der Waals surface area contributed by atoms with E-state index >= 15 is 0 Å². The average Bonchev–Trinajstić information content (AvgIpc) is 3.68. The number of rotatable bonds is 72. The molecule has 0 bridgehead atoms. The lowest BCUT2D eigenvalue weighted by Crippen LogP contribution is -2.05. The summed E-state index contributed by atoms with van der Waals surface area (Å²) in [4.78, 5) is 0. The normalized spacial score (nSPS) is 11.8. The van der Waals surface area contributed by atoms with Gasteiger partial charge in [-0.1, -0.05) is 451 Å². The first kappa shape index (κ1) is 79.2. The molecule has 0 spiro atoms. The smallest absolute Gasteiger partial charge is 0.0273 e. The van der Waals surface area contributed by atoms with Crippen molar-refractivity contribution in [2.24, 2.45) is 0 Å². The van der Waals surface area contributed by atoms with Crippen LogP contribution in [0.2, 0.25) is 0 Å². The monoisotopic (exact) mass is 1140 g/mol. The summed E-state index contributed by atoms with van der Waals surface area (Å²) < 4.78 is 0. The van der Waals surface area contributed by atoms with Gasteiger partial charge in [0.1, 0.15) is 0 Å². The van der Waals surface area contributed by atoms with Crippen molar-refractivity contribution in [2.45, 2.75) is 483 Å². The van der Waals surface area contributed by atoms with Crippen LogP contribution in [0.3, 0.4) is 0 Å². The minimum atomic E-state index is 1.06. The van der Waals surface area contributed by atoms with Crippen molar-refractivity contribution in [3.8, 4) is 0 Å². The van der Waals surface area contributed by atoms with Crippen LogP contribution in [0.5, 0.6) is 0 Å². The van der Waals surface area contributed by atoms with Crippen LogP contribution in [0, 0.1) is 6.92 Å². The molecule has 1 aromatic rings. The summed E-state index contributed by atoms with van der Waals surface area (Å²) in [6, 6.07) is 5.39. The molecule has 0 aliphatic heterocycles. The van der Waals surface area contributed by atoms with Crippen molar-refractivity contribution in [3.63, 3.8) is 0 Å². The van der Waals surface area contributed by atoms with E-state index in [1.54, 1.807) is 22.3 Å². The Kier molecular flexibility index (Phi) is 67.0. The summed E-state index contributed by atoms with van der Waals surface area (Å²) in [7, 11) is 0. The fraction of sp³-hybridized carbons (Fsp3) is 0.915. The van der Waals surface area contributed by atoms with Gasteiger partial charge in [-0.15, -0.1) is 0 Å². The SMILES string of the molecule is [CH2]CCCc1cc(CCCCCCCCCCCCCCCCCCCCCCCC)c(CCCCCCCCCCCCCCCCCCCCCCCC)c(CCCCCCCCCCCCCCCCCCCCCCCC)c1. The molecule has 0 unspecified atom stereocenters. The molecular formula is C82H157. The predicted octanol–water partition coefficient (Wildman–Crippen LogP) is 30.3. The number of unbranched alkanes of at least 4 members (excludes halogenated alkanes) is 64. The third-order valence-electron chi connectivity index (χ3n) is 19.6. The molecule has 0 heterocycles. The zero-order valence-corrected chi connectivity index (χ0v) is 57.8. The molecule has 0 amide bonds. The largest absolute Gasteiger partial charge is 0.0654 e. The maximum absolute atomic E-state index is 4.25. The highest BCUT2D eigenvalue weighted by Crippen LogP contribution is 2.28. The van der Waals surface area contributed by atoms with Crippen LogP contribution in [-0.2, 0) is 25.7 Å². The van der Waals surface area contributed by atoms with Crippen molar-refractivity contribution in [2.75, 3.05) is 0 Å². The maximum Gasteiger partial charge on any atom is -0.0273 e. The molecule has 0 N–H and O–H groups in total. The first-order chi connectivity index (χ1) is 40.8. The molecule has 0 saturated carbocycles. The van der Waals surface area contributed by atoms with Crippen molar-refractivity contribution >= 4 is 0 Å². The molecule has 1 radical (unpaired) electrons. The van der Waals surface area contributed by atoms with Gasteiger partial charge in [-0.2, -0.15) is 0 Å². The first-order valence-electron chi connectivity index (χ1n) is 39.7. The van der Waals surface area contributed by atoms with E-state index < -0.39 is 0 Å². The van der Waals surface area contributed by atoms with Gasteiger partial charge in [0, 0.05) is 0 Å². The Labute approximate surface area is 521 Å². The quantitative estimate of drug-likeness (QED) is 0.0570. The molecule has 0 aliphatic rings. The van der Waals surface area contributed by atoms with E-state index in [0.717, 1.165) is 6.42 Å². The summed E-state index contributed by atoms with van der Waals surface area (Å²) in [5, 5.41) is 0. The molecule has 1 rings (SSSR count). The lowest BCUT2D eigenvalue weighted by molar-refractivity contribution is 0.518. The Morgan fingerprint density at radius 1 is 0.183 bits per heavy atom. The molecule has 0 atom stereocenters. The van der Waals surface area contributed by atoms with Crippen LogP contribution in [-0.4, -0.2) is 0 Å². The zero-order valence-electron chi connectivity index (χ0n) is 57.8. The van der Waals surface area contributed by atoms with E-state index in [1.807, 2.05) is 0 Å². The Balaban J connectivity index is 2.42. The number of aryl methyl sites for hydroxylation is 3. The summed E-state index contributed by atoms with van der Waals surface area (Å²) in [5.41, 5.74) is 6.95. The Morgan fingerprint density at radius 3 is 0.512 bits per heavy atom. The molecule has 0 aliphatic carbocycles. The van der Waals surface area contributed by atoms with Crippen LogP contribution in [0.4, 0.5) is 0 Å². The zero-order chi connectivity index (χ0) is 58.6. The highest BCUT2D eigenvalue weighted by Gasteiger charge is 2.13. The van der Waals surface area contributed by atoms with Gasteiger partial charge < -0.3 is 0 Å². The van der Waals surface area contributed by atoms with Crippen LogP contribution < -0.4 is 0 Å². The predicted molar refractivity (Wildman–Crippen MR) is 378 cm³/mol. The minimum Gasteiger partial charge on any atom is -0.0654 e. The Morgan fingerprint density at radius 2 is 0.341 bits per heavy atom. The van der Waals surface area contributed by atoms with E-state index in [1.165, 1.54) is 456 Å². The molecule has 1 aromatic carbocycles. The molecule has 0 saturated heterocycles. The fourth-order valence-electron chi connectivity index (χ4n) is 13.9. The van der Waals surface area contributed by atoms with Gasteiger partial charge in [-0.3, -0.25) is 0 Å². The summed E-state index contributed by atoms with van der Waals surface area (Å²) in [6.07, 6.45) is 104. The summed E-state index contributed by atoms with van der Waals surface area (Å²) in [6.45, 7) is 11.2. The highest BCUT2D eigenvalue weighted by molar-refractivity contribution is 5.40. The van der Waals surface area contributed by atoms with E-state index in [0.29, 0.717) is 0 Å². The van der Waals surface area contributed by atoms with Gasteiger partial charge in [0.15, 0.2) is 0 Å². The number of hydrogen-bond donors (Lipinski definition) is 0. The molecule has 82 heavy (non-hydrogen) atoms. The van der Waals surface area contributed by atoms with E-state index in [2.05, 4.69) is 39.8 Å². The molecule has 0 heteroatoms. The van der Waals surface area contributed by atoms with Gasteiger partial charge in [-0.25, -0.2) is 0 Å². The number of hydrogen-bond acceptors (Lipinski definition) is 0. The summed E-state index contributed by atoms with van der Waals surface area (Å²) in [5.74, 6) is 0. The molecule has 485 valence electrons. The van der Waals surface area contributed by atoms with Gasteiger partial charge in [0.25, 0.3) is 0 Å². The molecule has 0 aromatic heterocycles. The van der Waals surface area contributed by atoms with Crippen LogP contribution in [0.25, 0.3) is 0 Å². The van der Waals surface area contributed by atoms with Gasteiger partial charge >= 0.3 is 0 Å². The molecule has 0 nitrogen and oxygen atoms in total. The first-order valence-corrected chi connectivity index (χ1v) is 39.7. The standard InChI is InChI=1S/C82H157/c1-5-9-13-16-19-22-25-28-31-34-37-40-43-46-49-52-55-58-61-64-67-70-74-80-77-79(73-12-8-4)78-81(75-71-68-65-62-59-56-53-50-47-44-41-38-35-32-29-26-23-20-17-14-10-6-2)82(80)76-72-69-66-63-60-57-54-51-48-45-42-39-36-33-30-27-24-21-18-15-11-7-3/h77-78H,4-76H2,1-3H3. The maximum atomic E-state index is 4.25. The van der Waals surface area contributed by atoms with E-state index in [9.17, 15) is 0 Å². The fourth-order valence-corrected chi connectivity index (χ4v) is 13.9. The van der Waals surface area contributed by atoms with Gasteiger partial charge in [0.05, 0.1) is 0 Å². The topological polar surface area (TPSA) is 0 Å². The average molecular weight is 1140 g/mol. The number of benzene rings is 1. The minimum absolute atomic E-state index is 1.06. The lowest BCUT2D eigenvalue weighted by Gasteiger charge is -2.18. The van der Waals surface area contributed by atoms with Gasteiger partial charge in [0.2, 0.25) is 0 Å². The third-order valence-corrected chi connectivity index (χ3v) is 19.6. The van der Waals surface area contributed by atoms with Crippen LogP contribution >= 0.6 is 0 Å². The van der Waals surface area contributed by atoms with E-state index in [4.69, 9.17) is 0 Å². The van der Waals surface area contributed by atoms with Crippen molar-refractivity contribution in [3.05, 3.63) is 41.3 Å². The van der Waals surface area contributed by atoms with Crippen LogP contribution in [0.1, 0.15) is 480 Å². The van der Waals surface area contributed by atoms with Crippen LogP contribution in [0.15, 0.2) is 12.1 Å². The highest BCUT2D eigenvalue weighted by atomic mass is 14.2. The Hall–Kier alpha value is -0.780. The molecule has 0 fully saturated rings. The van der Waals surface area contributed by atoms with Crippen molar-refractivity contribution < 1.29 is 0 Å². The van der Waals surface area contributed by atoms with Gasteiger partial charge in [-0.05, 0) is 73.6 Å². The molecular weight excluding hydrogens is 985 g/mol. The van der Waals surface area contributed by atoms with E-state index in [-0.39, 0.29) is 0 Å². The summed E-state index contributed by atoms with van der Waals surface area (Å²) >= 11 is 0.